The molecule has 82 valence electrons. The molecule has 0 spiro atoms. The average Bonchev–Trinajstić information content (AvgIpc) is 2.30. The Kier molecular flexibility index (Phi) is 4.00. The van der Waals surface area contributed by atoms with E-state index in [2.05, 4.69) is 26.7 Å². The minimum atomic E-state index is 0.329. The first kappa shape index (κ1) is 10.9. The topological polar surface area (TPSA) is 33.3 Å². The zero-order chi connectivity index (χ0) is 10.5. The van der Waals surface area contributed by atoms with E-state index < -0.39 is 0 Å². The van der Waals surface area contributed by atoms with Crippen molar-refractivity contribution in [1.82, 2.24) is 5.32 Å². The van der Waals surface area contributed by atoms with Gasteiger partial charge in [0, 0.05) is 4.47 Å². The minimum absolute atomic E-state index is 0.329. The van der Waals surface area contributed by atoms with Crippen molar-refractivity contribution in [3.8, 4) is 0 Å². The van der Waals surface area contributed by atoms with E-state index in [1.54, 1.807) is 0 Å². The predicted octanol–water partition coefficient (Wildman–Crippen LogP) is 2.54. The molecule has 1 aromatic carbocycles. The molecule has 0 aliphatic carbocycles. The molecule has 2 rings (SSSR count). The van der Waals surface area contributed by atoms with E-state index in [1.807, 2.05) is 24.3 Å². The first-order valence-corrected chi connectivity index (χ1v) is 6.02. The van der Waals surface area contributed by atoms with Crippen LogP contribution in [0.3, 0.4) is 0 Å². The van der Waals surface area contributed by atoms with E-state index in [-0.39, 0.29) is 0 Å². The molecule has 0 amide bonds. The number of nitrogens with one attached hydrogen (secondary N) is 2. The third-order valence-corrected chi connectivity index (χ3v) is 3.00. The van der Waals surface area contributed by atoms with Crippen LogP contribution in [-0.2, 0) is 4.84 Å². The lowest BCUT2D eigenvalue weighted by Gasteiger charge is -2.22. The number of benzene rings is 1. The molecule has 0 radical (unpaired) electrons. The predicted molar refractivity (Wildman–Crippen MR) is 64.7 cm³/mol. The molecule has 3 nitrogen and oxygen atoms in total. The van der Waals surface area contributed by atoms with Crippen LogP contribution in [0.5, 0.6) is 0 Å². The second-order valence-corrected chi connectivity index (χ2v) is 4.59. The largest absolute Gasteiger partial charge is 0.317 e. The summed E-state index contributed by atoms with van der Waals surface area (Å²) in [4.78, 5) is 5.60. The van der Waals surface area contributed by atoms with E-state index in [1.165, 1.54) is 0 Å². The summed E-state index contributed by atoms with van der Waals surface area (Å²) in [6, 6.07) is 7.97. The number of anilines is 1. The summed E-state index contributed by atoms with van der Waals surface area (Å²) < 4.78 is 1.08. The van der Waals surface area contributed by atoms with E-state index in [0.29, 0.717) is 6.10 Å². The molecule has 1 saturated heterocycles. The fourth-order valence-corrected chi connectivity index (χ4v) is 1.85. The number of hydrogen-bond donors (Lipinski definition) is 2. The molecular formula is C11H15BrN2O. The lowest BCUT2D eigenvalue weighted by Crippen LogP contribution is -2.33. The number of rotatable bonds is 3. The van der Waals surface area contributed by atoms with Gasteiger partial charge in [-0.2, -0.15) is 0 Å². The van der Waals surface area contributed by atoms with Gasteiger partial charge >= 0.3 is 0 Å². The van der Waals surface area contributed by atoms with Crippen LogP contribution >= 0.6 is 15.9 Å². The van der Waals surface area contributed by atoms with Crippen molar-refractivity contribution in [2.75, 3.05) is 18.6 Å². The Morgan fingerprint density at radius 1 is 1.20 bits per heavy atom. The zero-order valence-electron chi connectivity index (χ0n) is 8.50. The van der Waals surface area contributed by atoms with Crippen molar-refractivity contribution in [2.45, 2.75) is 18.9 Å². The lowest BCUT2D eigenvalue weighted by molar-refractivity contribution is 0.0740. The Labute approximate surface area is 98.3 Å². The summed E-state index contributed by atoms with van der Waals surface area (Å²) in [5.41, 5.74) is 3.99. The van der Waals surface area contributed by atoms with Crippen molar-refractivity contribution in [3.63, 3.8) is 0 Å². The van der Waals surface area contributed by atoms with Crippen molar-refractivity contribution in [1.29, 1.82) is 0 Å². The van der Waals surface area contributed by atoms with Gasteiger partial charge < -0.3 is 5.32 Å². The van der Waals surface area contributed by atoms with Gasteiger partial charge in [-0.15, -0.1) is 0 Å². The number of halogens is 1. The van der Waals surface area contributed by atoms with Gasteiger partial charge in [-0.3, -0.25) is 10.3 Å². The molecule has 0 aromatic heterocycles. The van der Waals surface area contributed by atoms with Crippen LogP contribution in [0.15, 0.2) is 28.7 Å². The Morgan fingerprint density at radius 3 is 2.53 bits per heavy atom. The highest BCUT2D eigenvalue weighted by molar-refractivity contribution is 9.10. The van der Waals surface area contributed by atoms with Gasteiger partial charge in [0.05, 0.1) is 11.8 Å². The average molecular weight is 271 g/mol. The highest BCUT2D eigenvalue weighted by Gasteiger charge is 2.13. The summed E-state index contributed by atoms with van der Waals surface area (Å²) in [6.07, 6.45) is 2.47. The normalized spacial score (nSPS) is 17.7. The first-order valence-electron chi connectivity index (χ1n) is 5.22. The molecule has 1 aliphatic heterocycles. The number of hydrogen-bond acceptors (Lipinski definition) is 3. The summed E-state index contributed by atoms with van der Waals surface area (Å²) in [6.45, 7) is 2.10. The Bertz CT molecular complexity index is 296. The molecule has 1 aromatic rings. The monoisotopic (exact) mass is 270 g/mol. The summed E-state index contributed by atoms with van der Waals surface area (Å²) >= 11 is 3.40. The van der Waals surface area contributed by atoms with E-state index in [9.17, 15) is 0 Å². The maximum absolute atomic E-state index is 5.60. The van der Waals surface area contributed by atoms with Gasteiger partial charge in [0.15, 0.2) is 0 Å². The highest BCUT2D eigenvalue weighted by Crippen LogP contribution is 2.15. The van der Waals surface area contributed by atoms with Gasteiger partial charge in [-0.25, -0.2) is 0 Å². The SMILES string of the molecule is Brc1ccc(NOC2CCNCC2)cc1. The van der Waals surface area contributed by atoms with Gasteiger partial charge in [-0.05, 0) is 50.2 Å². The van der Waals surface area contributed by atoms with Crippen molar-refractivity contribution < 1.29 is 4.84 Å². The Morgan fingerprint density at radius 2 is 1.87 bits per heavy atom. The van der Waals surface area contributed by atoms with Crippen molar-refractivity contribution in [3.05, 3.63) is 28.7 Å². The summed E-state index contributed by atoms with van der Waals surface area (Å²) in [5, 5.41) is 3.31. The smallest absolute Gasteiger partial charge is 0.0878 e. The van der Waals surface area contributed by atoms with Crippen LogP contribution in [0.2, 0.25) is 0 Å². The lowest BCUT2D eigenvalue weighted by atomic mass is 10.1. The Hall–Kier alpha value is -0.580. The molecule has 1 aliphatic rings. The number of piperidine rings is 1. The quantitative estimate of drug-likeness (QED) is 0.829. The van der Waals surface area contributed by atoms with Crippen LogP contribution in [0, 0.1) is 0 Å². The van der Waals surface area contributed by atoms with Crippen LogP contribution in [-0.4, -0.2) is 19.2 Å². The van der Waals surface area contributed by atoms with Crippen LogP contribution in [0.25, 0.3) is 0 Å². The molecule has 1 heterocycles. The van der Waals surface area contributed by atoms with Crippen molar-refractivity contribution >= 4 is 21.6 Å². The molecule has 15 heavy (non-hydrogen) atoms. The van der Waals surface area contributed by atoms with Gasteiger partial charge in [0.25, 0.3) is 0 Å². The van der Waals surface area contributed by atoms with Crippen molar-refractivity contribution in [2.24, 2.45) is 0 Å². The Balaban J connectivity index is 1.79. The molecular weight excluding hydrogens is 256 g/mol. The standard InChI is InChI=1S/C11H15BrN2O/c12-9-1-3-10(4-2-9)14-15-11-5-7-13-8-6-11/h1-4,11,13-14H,5-8H2. The summed E-state index contributed by atoms with van der Waals surface area (Å²) in [5.74, 6) is 0. The molecule has 0 bridgehead atoms. The van der Waals surface area contributed by atoms with E-state index >= 15 is 0 Å². The van der Waals surface area contributed by atoms with Gasteiger partial charge in [0.1, 0.15) is 0 Å². The van der Waals surface area contributed by atoms with Crippen LogP contribution in [0.4, 0.5) is 5.69 Å². The maximum Gasteiger partial charge on any atom is 0.0878 e. The van der Waals surface area contributed by atoms with Gasteiger partial charge in [-0.1, -0.05) is 15.9 Å². The van der Waals surface area contributed by atoms with Gasteiger partial charge in [0.2, 0.25) is 0 Å². The maximum atomic E-state index is 5.60. The fraction of sp³-hybridized carbons (Fsp3) is 0.455. The second-order valence-electron chi connectivity index (χ2n) is 3.68. The summed E-state index contributed by atoms with van der Waals surface area (Å²) in [7, 11) is 0. The molecule has 0 atom stereocenters. The minimum Gasteiger partial charge on any atom is -0.317 e. The first-order chi connectivity index (χ1) is 7.34. The third-order valence-electron chi connectivity index (χ3n) is 2.47. The zero-order valence-corrected chi connectivity index (χ0v) is 10.1. The molecule has 1 fully saturated rings. The van der Waals surface area contributed by atoms with E-state index in [0.717, 1.165) is 36.1 Å². The highest BCUT2D eigenvalue weighted by atomic mass is 79.9. The molecule has 2 N–H and O–H groups in total. The fourth-order valence-electron chi connectivity index (χ4n) is 1.58. The van der Waals surface area contributed by atoms with E-state index in [4.69, 9.17) is 4.84 Å². The van der Waals surface area contributed by atoms with Crippen LogP contribution in [0.1, 0.15) is 12.8 Å². The molecule has 4 heteroatoms. The van der Waals surface area contributed by atoms with Crippen LogP contribution < -0.4 is 10.8 Å². The third kappa shape index (κ3) is 3.48. The molecule has 0 unspecified atom stereocenters. The second kappa shape index (κ2) is 5.49. The molecule has 0 saturated carbocycles.